The summed E-state index contributed by atoms with van der Waals surface area (Å²) in [4.78, 5) is 23.3. The largest absolute Gasteiger partial charge is 0.440 e. The highest BCUT2D eigenvalue weighted by molar-refractivity contribution is 5.89. The lowest BCUT2D eigenvalue weighted by molar-refractivity contribution is -0.263. The molecule has 2 aromatic rings. The average Bonchev–Trinajstić information content (AvgIpc) is 2.65. The van der Waals surface area contributed by atoms with Crippen molar-refractivity contribution >= 4 is 23.4 Å². The summed E-state index contributed by atoms with van der Waals surface area (Å²) in [7, 11) is 2.99. The molecule has 0 heterocycles. The van der Waals surface area contributed by atoms with E-state index in [1.54, 1.807) is 31.2 Å². The summed E-state index contributed by atoms with van der Waals surface area (Å²) < 4.78 is 16.6. The fourth-order valence-electron chi connectivity index (χ4n) is 2.78. The molecular formula is C20H24N2O5. The smallest absolute Gasteiger partial charge is 0.412 e. The summed E-state index contributed by atoms with van der Waals surface area (Å²) >= 11 is 0. The maximum absolute atomic E-state index is 12.3. The molecule has 0 aliphatic carbocycles. The van der Waals surface area contributed by atoms with Crippen LogP contribution in [0.4, 0.5) is 16.2 Å². The molecule has 1 unspecified atom stereocenters. The summed E-state index contributed by atoms with van der Waals surface area (Å²) in [5, 5.41) is 5.29. The van der Waals surface area contributed by atoms with E-state index >= 15 is 0 Å². The van der Waals surface area contributed by atoms with Gasteiger partial charge >= 0.3 is 6.09 Å². The first kappa shape index (κ1) is 20.4. The van der Waals surface area contributed by atoms with Gasteiger partial charge in [0.1, 0.15) is 0 Å². The van der Waals surface area contributed by atoms with Crippen LogP contribution in [0.25, 0.3) is 0 Å². The van der Waals surface area contributed by atoms with E-state index in [1.165, 1.54) is 21.1 Å². The van der Waals surface area contributed by atoms with E-state index in [4.69, 9.17) is 14.2 Å². The van der Waals surface area contributed by atoms with Crippen molar-refractivity contribution < 1.29 is 23.8 Å². The summed E-state index contributed by atoms with van der Waals surface area (Å²) in [6.45, 7) is 3.12. The summed E-state index contributed by atoms with van der Waals surface area (Å²) in [5.41, 5.74) is 1.90. The maximum Gasteiger partial charge on any atom is 0.412 e. The van der Waals surface area contributed by atoms with Crippen molar-refractivity contribution in [1.29, 1.82) is 0 Å². The average molecular weight is 372 g/mol. The van der Waals surface area contributed by atoms with Crippen LogP contribution in [0.2, 0.25) is 0 Å². The lowest BCUT2D eigenvalue weighted by Gasteiger charge is -2.35. The SMILES string of the molecule is COC(OC)(c1ccccc1)C(C)OC(=O)Nc1ccc(NC(C)=O)cc1. The molecule has 2 N–H and O–H groups in total. The van der Waals surface area contributed by atoms with Crippen LogP contribution < -0.4 is 10.6 Å². The Morgan fingerprint density at radius 3 is 1.89 bits per heavy atom. The molecule has 0 bridgehead atoms. The monoisotopic (exact) mass is 372 g/mol. The van der Waals surface area contributed by atoms with Crippen molar-refractivity contribution in [2.45, 2.75) is 25.7 Å². The third-order valence-electron chi connectivity index (χ3n) is 4.05. The molecule has 0 spiro atoms. The van der Waals surface area contributed by atoms with Gasteiger partial charge in [0, 0.05) is 38.1 Å². The van der Waals surface area contributed by atoms with Crippen LogP contribution in [0.3, 0.4) is 0 Å². The zero-order valence-electron chi connectivity index (χ0n) is 15.8. The highest BCUT2D eigenvalue weighted by Crippen LogP contribution is 2.32. The number of carbonyl (C=O) groups excluding carboxylic acids is 2. The first-order valence-electron chi connectivity index (χ1n) is 8.42. The maximum atomic E-state index is 12.3. The van der Waals surface area contributed by atoms with Crippen molar-refractivity contribution in [2.75, 3.05) is 24.9 Å². The van der Waals surface area contributed by atoms with Gasteiger partial charge in [-0.15, -0.1) is 0 Å². The Balaban J connectivity index is 2.06. The van der Waals surface area contributed by atoms with Gasteiger partial charge in [-0.3, -0.25) is 10.1 Å². The molecule has 7 nitrogen and oxygen atoms in total. The van der Waals surface area contributed by atoms with Gasteiger partial charge in [-0.05, 0) is 31.2 Å². The molecule has 0 aromatic heterocycles. The Morgan fingerprint density at radius 1 is 0.889 bits per heavy atom. The number of amides is 2. The third-order valence-corrected chi connectivity index (χ3v) is 4.05. The minimum absolute atomic E-state index is 0.166. The highest BCUT2D eigenvalue weighted by Gasteiger charge is 2.41. The number of hydrogen-bond acceptors (Lipinski definition) is 5. The van der Waals surface area contributed by atoms with E-state index in [1.807, 2.05) is 30.3 Å². The number of hydrogen-bond donors (Lipinski definition) is 2. The molecule has 2 amide bonds. The molecule has 0 fully saturated rings. The van der Waals surface area contributed by atoms with Crippen LogP contribution in [-0.2, 0) is 24.8 Å². The minimum atomic E-state index is -1.23. The normalized spacial score (nSPS) is 12.1. The molecule has 144 valence electrons. The molecule has 0 radical (unpaired) electrons. The number of carbonyl (C=O) groups is 2. The molecule has 2 rings (SSSR count). The molecule has 2 aromatic carbocycles. The summed E-state index contributed by atoms with van der Waals surface area (Å²) in [6, 6.07) is 15.9. The predicted molar refractivity (Wildman–Crippen MR) is 102 cm³/mol. The fourth-order valence-corrected chi connectivity index (χ4v) is 2.78. The van der Waals surface area contributed by atoms with Crippen molar-refractivity contribution in [3.8, 4) is 0 Å². The number of ether oxygens (including phenoxy) is 3. The van der Waals surface area contributed by atoms with Crippen molar-refractivity contribution in [2.24, 2.45) is 0 Å². The van der Waals surface area contributed by atoms with Gasteiger partial charge in [0.2, 0.25) is 11.7 Å². The van der Waals surface area contributed by atoms with Crippen LogP contribution in [0.1, 0.15) is 19.4 Å². The Morgan fingerprint density at radius 2 is 1.41 bits per heavy atom. The van der Waals surface area contributed by atoms with E-state index in [0.29, 0.717) is 11.4 Å². The van der Waals surface area contributed by atoms with Crippen molar-refractivity contribution in [1.82, 2.24) is 0 Å². The molecule has 27 heavy (non-hydrogen) atoms. The zero-order valence-corrected chi connectivity index (χ0v) is 15.8. The predicted octanol–water partition coefficient (Wildman–Crippen LogP) is 3.73. The van der Waals surface area contributed by atoms with Crippen LogP contribution in [0.15, 0.2) is 54.6 Å². The van der Waals surface area contributed by atoms with E-state index in [-0.39, 0.29) is 5.91 Å². The number of anilines is 2. The van der Waals surface area contributed by atoms with Crippen molar-refractivity contribution in [3.63, 3.8) is 0 Å². The van der Waals surface area contributed by atoms with Crippen LogP contribution in [0.5, 0.6) is 0 Å². The number of rotatable bonds is 7. The van der Waals surface area contributed by atoms with Gasteiger partial charge in [0.15, 0.2) is 6.10 Å². The second-order valence-electron chi connectivity index (χ2n) is 5.87. The van der Waals surface area contributed by atoms with E-state index < -0.39 is 18.0 Å². The van der Waals surface area contributed by atoms with E-state index in [0.717, 1.165) is 5.56 Å². The molecular weight excluding hydrogens is 348 g/mol. The molecule has 0 saturated carbocycles. The Bertz CT molecular complexity index is 758. The molecule has 7 heteroatoms. The second kappa shape index (κ2) is 9.16. The Labute approximate surface area is 158 Å². The van der Waals surface area contributed by atoms with Crippen LogP contribution in [0, 0.1) is 0 Å². The van der Waals surface area contributed by atoms with Gasteiger partial charge in [0.25, 0.3) is 0 Å². The first-order valence-corrected chi connectivity index (χ1v) is 8.42. The number of benzene rings is 2. The quantitative estimate of drug-likeness (QED) is 0.724. The van der Waals surface area contributed by atoms with Gasteiger partial charge in [-0.25, -0.2) is 4.79 Å². The lowest BCUT2D eigenvalue weighted by atomic mass is 10.0. The third kappa shape index (κ3) is 5.06. The summed E-state index contributed by atoms with van der Waals surface area (Å²) in [6.07, 6.45) is -1.38. The molecule has 0 aliphatic rings. The fraction of sp³-hybridized carbons (Fsp3) is 0.300. The molecule has 1 atom stereocenters. The zero-order chi connectivity index (χ0) is 19.9. The standard InChI is InChI=1S/C20H24N2O5/c1-14(20(25-3,26-4)16-8-6-5-7-9-16)27-19(24)22-18-12-10-17(11-13-18)21-15(2)23/h5-14H,1-4H3,(H,21,23)(H,22,24). The molecule has 0 saturated heterocycles. The second-order valence-corrected chi connectivity index (χ2v) is 5.87. The number of nitrogens with one attached hydrogen (secondary N) is 2. The highest BCUT2D eigenvalue weighted by atomic mass is 16.7. The Hall–Kier alpha value is -2.90. The van der Waals surface area contributed by atoms with Gasteiger partial charge in [-0.2, -0.15) is 0 Å². The van der Waals surface area contributed by atoms with Crippen LogP contribution in [-0.4, -0.2) is 32.3 Å². The molecule has 0 aliphatic heterocycles. The van der Waals surface area contributed by atoms with Crippen LogP contribution >= 0.6 is 0 Å². The van der Waals surface area contributed by atoms with Gasteiger partial charge in [-0.1, -0.05) is 30.3 Å². The Kier molecular flexibility index (Phi) is 6.92. The minimum Gasteiger partial charge on any atom is -0.440 e. The number of methoxy groups -OCH3 is 2. The lowest BCUT2D eigenvalue weighted by Crippen LogP contribution is -2.44. The van der Waals surface area contributed by atoms with E-state index in [9.17, 15) is 9.59 Å². The van der Waals surface area contributed by atoms with Gasteiger partial charge in [0.05, 0.1) is 0 Å². The van der Waals surface area contributed by atoms with Gasteiger partial charge < -0.3 is 19.5 Å². The summed E-state index contributed by atoms with van der Waals surface area (Å²) in [5.74, 6) is -1.39. The first-order chi connectivity index (χ1) is 12.9. The van der Waals surface area contributed by atoms with E-state index in [2.05, 4.69) is 10.6 Å². The topological polar surface area (TPSA) is 85.9 Å². The van der Waals surface area contributed by atoms with Crippen molar-refractivity contribution in [3.05, 3.63) is 60.2 Å².